The third-order valence-corrected chi connectivity index (χ3v) is 5.97. The summed E-state index contributed by atoms with van der Waals surface area (Å²) in [7, 11) is 1.46. The predicted molar refractivity (Wildman–Crippen MR) is 151 cm³/mol. The topological polar surface area (TPSA) is 104 Å². The molecule has 0 saturated heterocycles. The first-order valence-corrected chi connectivity index (χ1v) is 14.9. The number of carbonyl (C=O) groups excluding carboxylic acids is 1. The third-order valence-electron chi connectivity index (χ3n) is 5.97. The monoisotopic (exact) mass is 518 g/mol. The molecule has 0 aliphatic rings. The number of methoxy groups -OCH3 is 1. The van der Waals surface area contributed by atoms with Crippen LogP contribution in [-0.2, 0) is 14.3 Å². The summed E-state index contributed by atoms with van der Waals surface area (Å²) >= 11 is 0. The van der Waals surface area contributed by atoms with Crippen LogP contribution in [0.2, 0.25) is 0 Å². The second-order valence-corrected chi connectivity index (χ2v) is 9.87. The van der Waals surface area contributed by atoms with Crippen molar-refractivity contribution in [3.8, 4) is 0 Å². The Bertz CT molecular complexity index is 426. The van der Waals surface area contributed by atoms with Crippen molar-refractivity contribution < 1.29 is 29.6 Å². The number of carboxylic acids is 1. The first kappa shape index (κ1) is 39.4. The van der Waals surface area contributed by atoms with Crippen LogP contribution in [-0.4, -0.2) is 47.1 Å². The summed E-state index contributed by atoms with van der Waals surface area (Å²) in [6.07, 6.45) is 26.0. The number of rotatable bonds is 23. The van der Waals surface area contributed by atoms with Crippen LogP contribution in [0, 0.1) is 0 Å². The van der Waals surface area contributed by atoms with Gasteiger partial charge in [0.25, 0.3) is 0 Å². The maximum absolute atomic E-state index is 10.8. The van der Waals surface area contributed by atoms with Gasteiger partial charge in [-0.05, 0) is 19.8 Å². The number of aliphatic hydroxyl groups is 2. The first-order valence-electron chi connectivity index (χ1n) is 14.9. The Hall–Kier alpha value is -1.14. The van der Waals surface area contributed by atoms with Gasteiger partial charge in [0, 0.05) is 12.8 Å². The molecule has 0 aliphatic heterocycles. The molecule has 0 rings (SSSR count). The van der Waals surface area contributed by atoms with Gasteiger partial charge in [0.1, 0.15) is 0 Å². The fraction of sp³-hybridized carbons (Fsp3) is 0.933. The Labute approximate surface area is 223 Å². The van der Waals surface area contributed by atoms with Crippen LogP contribution in [0.15, 0.2) is 0 Å². The zero-order valence-electron chi connectivity index (χ0n) is 24.4. The molecule has 0 aromatic heterocycles. The van der Waals surface area contributed by atoms with E-state index in [0.717, 1.165) is 19.3 Å². The van der Waals surface area contributed by atoms with Crippen molar-refractivity contribution >= 4 is 11.9 Å². The molecular formula is C30H62O6. The van der Waals surface area contributed by atoms with Gasteiger partial charge in [0.05, 0.1) is 19.8 Å². The molecule has 0 radical (unpaired) electrons. The van der Waals surface area contributed by atoms with Gasteiger partial charge in [0.2, 0.25) is 0 Å². The van der Waals surface area contributed by atoms with Crippen molar-refractivity contribution in [3.05, 3.63) is 0 Å². The van der Waals surface area contributed by atoms with Gasteiger partial charge in [-0.2, -0.15) is 0 Å². The highest BCUT2D eigenvalue weighted by Crippen LogP contribution is 2.12. The minimum atomic E-state index is -0.659. The Balaban J connectivity index is -0.000000515. The van der Waals surface area contributed by atoms with Crippen molar-refractivity contribution in [2.24, 2.45) is 0 Å². The van der Waals surface area contributed by atoms with Gasteiger partial charge < -0.3 is 20.1 Å². The van der Waals surface area contributed by atoms with Crippen LogP contribution in [0.4, 0.5) is 0 Å². The largest absolute Gasteiger partial charge is 0.481 e. The Morgan fingerprint density at radius 2 is 0.889 bits per heavy atom. The lowest BCUT2D eigenvalue weighted by atomic mass is 10.1. The summed E-state index contributed by atoms with van der Waals surface area (Å²) in [6.45, 7) is 5.88. The minimum Gasteiger partial charge on any atom is -0.481 e. The van der Waals surface area contributed by atoms with Crippen LogP contribution in [0.5, 0.6) is 0 Å². The molecule has 6 nitrogen and oxygen atoms in total. The van der Waals surface area contributed by atoms with E-state index in [2.05, 4.69) is 18.6 Å². The Morgan fingerprint density at radius 1 is 0.611 bits per heavy atom. The van der Waals surface area contributed by atoms with Gasteiger partial charge in [-0.3, -0.25) is 9.59 Å². The van der Waals surface area contributed by atoms with Gasteiger partial charge in [-0.25, -0.2) is 0 Å². The molecule has 218 valence electrons. The highest BCUT2D eigenvalue weighted by atomic mass is 16.5. The summed E-state index contributed by atoms with van der Waals surface area (Å²) in [5.74, 6) is -0.728. The Kier molecular flexibility index (Phi) is 39.4. The number of aliphatic carboxylic acids is 1. The lowest BCUT2D eigenvalue weighted by Crippen LogP contribution is -2.03. The zero-order chi connectivity index (χ0) is 27.7. The van der Waals surface area contributed by atoms with Crippen LogP contribution in [0.1, 0.15) is 162 Å². The van der Waals surface area contributed by atoms with Crippen molar-refractivity contribution in [1.82, 2.24) is 0 Å². The average Bonchev–Trinajstić information content (AvgIpc) is 2.86. The van der Waals surface area contributed by atoms with E-state index in [1.807, 2.05) is 0 Å². The molecule has 0 aliphatic carbocycles. The van der Waals surface area contributed by atoms with E-state index in [9.17, 15) is 9.59 Å². The normalized spacial score (nSPS) is 11.1. The molecule has 0 bridgehead atoms. The number of carbonyl (C=O) groups is 2. The molecule has 0 spiro atoms. The number of hydrogen-bond donors (Lipinski definition) is 3. The third kappa shape index (κ3) is 46.2. The maximum atomic E-state index is 10.8. The van der Waals surface area contributed by atoms with E-state index >= 15 is 0 Å². The van der Waals surface area contributed by atoms with E-state index in [-0.39, 0.29) is 12.6 Å². The van der Waals surface area contributed by atoms with Crippen LogP contribution in [0.3, 0.4) is 0 Å². The van der Waals surface area contributed by atoms with E-state index in [1.165, 1.54) is 123 Å². The number of esters is 1. The number of hydrogen-bond acceptors (Lipinski definition) is 5. The fourth-order valence-corrected chi connectivity index (χ4v) is 3.62. The van der Waals surface area contributed by atoms with Gasteiger partial charge in [-0.15, -0.1) is 0 Å². The molecule has 1 unspecified atom stereocenters. The summed E-state index contributed by atoms with van der Waals surface area (Å²) in [4.78, 5) is 21.1. The minimum absolute atomic E-state index is 0.0686. The SMILES string of the molecule is CC(O)CO.CCCCCCCCCCCC(=O)O.CCCCCCCCCCCCCC(=O)OC. The molecule has 3 N–H and O–H groups in total. The molecule has 0 heterocycles. The standard InChI is InChI=1S/C15H30O2.C12H24O2.C3H8O2/c1-3-4-5-6-7-8-9-10-11-12-13-14-15(16)17-2;1-2-3-4-5-6-7-8-9-10-11-12(13)14;1-3(5)2-4/h3-14H2,1-2H3;2-11H2,1H3,(H,13,14);3-5H,2H2,1H3. The molecule has 36 heavy (non-hydrogen) atoms. The van der Waals surface area contributed by atoms with Gasteiger partial charge >= 0.3 is 11.9 Å². The molecular weight excluding hydrogens is 456 g/mol. The summed E-state index contributed by atoms with van der Waals surface area (Å²) in [5.41, 5.74) is 0. The van der Waals surface area contributed by atoms with E-state index in [1.54, 1.807) is 0 Å². The lowest BCUT2D eigenvalue weighted by molar-refractivity contribution is -0.141. The number of carboxylic acid groups (broad SMARTS) is 1. The molecule has 0 saturated carbocycles. The van der Waals surface area contributed by atoms with Crippen LogP contribution >= 0.6 is 0 Å². The van der Waals surface area contributed by atoms with Crippen molar-refractivity contribution in [2.45, 2.75) is 168 Å². The van der Waals surface area contributed by atoms with E-state index in [0.29, 0.717) is 12.8 Å². The zero-order valence-corrected chi connectivity index (χ0v) is 24.4. The smallest absolute Gasteiger partial charge is 0.305 e. The second-order valence-electron chi connectivity index (χ2n) is 9.87. The lowest BCUT2D eigenvalue weighted by Gasteiger charge is -2.02. The highest BCUT2D eigenvalue weighted by Gasteiger charge is 1.99. The van der Waals surface area contributed by atoms with Gasteiger partial charge in [0.15, 0.2) is 0 Å². The molecule has 6 heteroatoms. The summed E-state index contributed by atoms with van der Waals surface area (Å²) in [5, 5.41) is 24.4. The highest BCUT2D eigenvalue weighted by molar-refractivity contribution is 5.69. The molecule has 0 aromatic rings. The number of ether oxygens (including phenoxy) is 1. The van der Waals surface area contributed by atoms with Gasteiger partial charge in [-0.1, -0.05) is 129 Å². The van der Waals surface area contributed by atoms with Crippen molar-refractivity contribution in [2.75, 3.05) is 13.7 Å². The fourth-order valence-electron chi connectivity index (χ4n) is 3.62. The Morgan fingerprint density at radius 3 is 1.14 bits per heavy atom. The molecule has 0 amide bonds. The van der Waals surface area contributed by atoms with Crippen LogP contribution < -0.4 is 0 Å². The number of aliphatic hydroxyl groups excluding tert-OH is 2. The predicted octanol–water partition coefficient (Wildman–Crippen LogP) is 8.21. The molecule has 0 aromatic carbocycles. The number of unbranched alkanes of at least 4 members (excludes halogenated alkanes) is 18. The first-order chi connectivity index (χ1) is 17.3. The van der Waals surface area contributed by atoms with Crippen molar-refractivity contribution in [3.63, 3.8) is 0 Å². The molecule has 0 fully saturated rings. The van der Waals surface area contributed by atoms with Crippen molar-refractivity contribution in [1.29, 1.82) is 0 Å². The van der Waals surface area contributed by atoms with E-state index in [4.69, 9.17) is 15.3 Å². The van der Waals surface area contributed by atoms with Crippen LogP contribution in [0.25, 0.3) is 0 Å². The maximum Gasteiger partial charge on any atom is 0.305 e. The summed E-state index contributed by atoms with van der Waals surface area (Å²) in [6, 6.07) is 0. The average molecular weight is 519 g/mol. The van der Waals surface area contributed by atoms with E-state index < -0.39 is 12.1 Å². The molecule has 1 atom stereocenters. The second kappa shape index (κ2) is 36.0. The summed E-state index contributed by atoms with van der Waals surface area (Å²) < 4.78 is 4.60. The quantitative estimate of drug-likeness (QED) is 0.0929.